The molecular weight excluding hydrogens is 372 g/mol. The van der Waals surface area contributed by atoms with Crippen LogP contribution in [0, 0.1) is 0 Å². The summed E-state index contributed by atoms with van der Waals surface area (Å²) in [7, 11) is 0. The van der Waals surface area contributed by atoms with E-state index in [0.717, 1.165) is 43.0 Å². The molecule has 1 atom stereocenters. The zero-order valence-electron chi connectivity index (χ0n) is 14.4. The Morgan fingerprint density at radius 2 is 1.85 bits per heavy atom. The Labute approximate surface area is 162 Å². The third-order valence-corrected chi connectivity index (χ3v) is 6.95. The molecule has 0 spiro atoms. The molecule has 1 aromatic carbocycles. The zero-order chi connectivity index (χ0) is 18.3. The highest BCUT2D eigenvalue weighted by atomic mass is 35.5. The van der Waals surface area contributed by atoms with Crippen molar-refractivity contribution in [3.05, 3.63) is 34.9 Å². The van der Waals surface area contributed by atoms with Crippen molar-refractivity contribution in [3.63, 3.8) is 0 Å². The van der Waals surface area contributed by atoms with E-state index in [9.17, 15) is 14.4 Å². The van der Waals surface area contributed by atoms with Gasteiger partial charge in [-0.25, -0.2) is 0 Å². The molecular formula is C19H21ClN2O3S. The average Bonchev–Trinajstić information content (AvgIpc) is 3.36. The van der Waals surface area contributed by atoms with Crippen molar-refractivity contribution in [1.29, 1.82) is 0 Å². The first kappa shape index (κ1) is 17.9. The second-order valence-corrected chi connectivity index (χ2v) is 8.67. The second kappa shape index (κ2) is 6.89. The topological polar surface area (TPSA) is 57.7 Å². The van der Waals surface area contributed by atoms with E-state index in [-0.39, 0.29) is 28.8 Å². The predicted molar refractivity (Wildman–Crippen MR) is 101 cm³/mol. The Hall–Kier alpha value is -1.53. The molecule has 2 saturated heterocycles. The van der Waals surface area contributed by atoms with Gasteiger partial charge in [0.05, 0.1) is 17.2 Å². The van der Waals surface area contributed by atoms with Gasteiger partial charge in [0.1, 0.15) is 0 Å². The number of hydrogen-bond acceptors (Lipinski definition) is 4. The van der Waals surface area contributed by atoms with E-state index in [2.05, 4.69) is 0 Å². The molecule has 1 aliphatic carbocycles. The lowest BCUT2D eigenvalue weighted by Gasteiger charge is -2.33. The van der Waals surface area contributed by atoms with Crippen LogP contribution in [0.4, 0.5) is 4.79 Å². The van der Waals surface area contributed by atoms with Crippen LogP contribution < -0.4 is 0 Å². The number of carbonyl (C=O) groups is 3. The summed E-state index contributed by atoms with van der Waals surface area (Å²) < 4.78 is 0. The largest absolute Gasteiger partial charge is 0.340 e. The van der Waals surface area contributed by atoms with Gasteiger partial charge in [-0.15, -0.1) is 0 Å². The third kappa shape index (κ3) is 2.93. The summed E-state index contributed by atoms with van der Waals surface area (Å²) in [6, 6.07) is 7.43. The first-order valence-electron chi connectivity index (χ1n) is 9.05. The summed E-state index contributed by atoms with van der Waals surface area (Å²) in [6.45, 7) is 1.05. The van der Waals surface area contributed by atoms with E-state index in [4.69, 9.17) is 11.6 Å². The average molecular weight is 393 g/mol. The van der Waals surface area contributed by atoms with Gasteiger partial charge in [-0.05, 0) is 37.0 Å². The summed E-state index contributed by atoms with van der Waals surface area (Å²) >= 11 is 7.08. The highest BCUT2D eigenvalue weighted by Crippen LogP contribution is 2.43. The van der Waals surface area contributed by atoms with Crippen LogP contribution in [0.25, 0.3) is 0 Å². The fourth-order valence-electron chi connectivity index (χ4n) is 4.53. The van der Waals surface area contributed by atoms with Crippen LogP contribution in [-0.2, 0) is 15.0 Å². The van der Waals surface area contributed by atoms with Gasteiger partial charge in [0.15, 0.2) is 0 Å². The van der Waals surface area contributed by atoms with Crippen LogP contribution in [0.5, 0.6) is 0 Å². The molecule has 26 heavy (non-hydrogen) atoms. The number of likely N-dealkylation sites (tertiary alicyclic amines) is 1. The summed E-state index contributed by atoms with van der Waals surface area (Å²) in [4.78, 5) is 40.7. The maximum Gasteiger partial charge on any atom is 0.289 e. The van der Waals surface area contributed by atoms with Gasteiger partial charge in [-0.2, -0.15) is 0 Å². The fourth-order valence-corrected chi connectivity index (χ4v) is 5.43. The van der Waals surface area contributed by atoms with Crippen molar-refractivity contribution in [1.82, 2.24) is 9.80 Å². The Morgan fingerprint density at radius 3 is 2.46 bits per heavy atom. The van der Waals surface area contributed by atoms with Crippen molar-refractivity contribution in [2.24, 2.45) is 0 Å². The van der Waals surface area contributed by atoms with Crippen LogP contribution in [0.3, 0.4) is 0 Å². The van der Waals surface area contributed by atoms with Crippen molar-refractivity contribution in [3.8, 4) is 0 Å². The van der Waals surface area contributed by atoms with E-state index in [1.807, 2.05) is 29.2 Å². The van der Waals surface area contributed by atoms with Crippen molar-refractivity contribution in [2.45, 2.75) is 43.6 Å². The van der Waals surface area contributed by atoms with E-state index < -0.39 is 5.41 Å². The van der Waals surface area contributed by atoms with E-state index in [1.54, 1.807) is 0 Å². The molecule has 138 valence electrons. The SMILES string of the molecule is O=C1CSC(=O)N1C1CCN(C(=O)C2(c3ccc(Cl)cc3)CCCC2)C1. The smallest absolute Gasteiger partial charge is 0.289 e. The number of carbonyl (C=O) groups excluding carboxylic acids is 3. The molecule has 3 amide bonds. The molecule has 0 bridgehead atoms. The molecule has 3 aliphatic rings. The molecule has 3 fully saturated rings. The Balaban J connectivity index is 1.55. The molecule has 4 rings (SSSR count). The number of amides is 3. The molecule has 7 heteroatoms. The maximum absolute atomic E-state index is 13.5. The number of benzene rings is 1. The number of nitrogens with zero attached hydrogens (tertiary/aromatic N) is 2. The Morgan fingerprint density at radius 1 is 1.15 bits per heavy atom. The lowest BCUT2D eigenvalue weighted by Crippen LogP contribution is -2.47. The summed E-state index contributed by atoms with van der Waals surface area (Å²) in [5.41, 5.74) is 0.532. The first-order chi connectivity index (χ1) is 12.5. The number of halogens is 1. The molecule has 2 heterocycles. The van der Waals surface area contributed by atoms with Gasteiger partial charge in [-0.3, -0.25) is 19.3 Å². The molecule has 1 aromatic rings. The van der Waals surface area contributed by atoms with E-state index in [1.165, 1.54) is 4.90 Å². The first-order valence-corrected chi connectivity index (χ1v) is 10.4. The highest BCUT2D eigenvalue weighted by Gasteiger charge is 2.48. The lowest BCUT2D eigenvalue weighted by molar-refractivity contribution is -0.137. The van der Waals surface area contributed by atoms with Crippen LogP contribution in [-0.4, -0.2) is 51.7 Å². The molecule has 1 unspecified atom stereocenters. The quantitative estimate of drug-likeness (QED) is 0.790. The molecule has 1 saturated carbocycles. The standard InChI is InChI=1S/C19H21ClN2O3S/c20-14-5-3-13(4-6-14)19(8-1-2-9-19)17(24)21-10-7-15(11-21)22-16(23)12-26-18(22)25/h3-6,15H,1-2,7-12H2. The summed E-state index contributed by atoms with van der Waals surface area (Å²) in [6.07, 6.45) is 4.41. The van der Waals surface area contributed by atoms with Crippen LogP contribution in [0.15, 0.2) is 24.3 Å². The molecule has 0 radical (unpaired) electrons. The molecule has 5 nitrogen and oxygen atoms in total. The van der Waals surface area contributed by atoms with E-state index in [0.29, 0.717) is 24.5 Å². The van der Waals surface area contributed by atoms with Crippen LogP contribution >= 0.6 is 23.4 Å². The number of thioether (sulfide) groups is 1. The van der Waals surface area contributed by atoms with Gasteiger partial charge in [0.25, 0.3) is 5.24 Å². The van der Waals surface area contributed by atoms with Crippen molar-refractivity contribution < 1.29 is 14.4 Å². The van der Waals surface area contributed by atoms with Gasteiger partial charge in [0.2, 0.25) is 11.8 Å². The minimum absolute atomic E-state index is 0.131. The zero-order valence-corrected chi connectivity index (χ0v) is 16.0. The van der Waals surface area contributed by atoms with Crippen molar-refractivity contribution >= 4 is 40.4 Å². The monoisotopic (exact) mass is 392 g/mol. The lowest BCUT2D eigenvalue weighted by atomic mass is 9.77. The van der Waals surface area contributed by atoms with Gasteiger partial charge in [-0.1, -0.05) is 48.3 Å². The molecule has 2 aliphatic heterocycles. The second-order valence-electron chi connectivity index (χ2n) is 7.31. The Bertz CT molecular complexity index is 730. The van der Waals surface area contributed by atoms with Gasteiger partial charge in [0, 0.05) is 18.1 Å². The van der Waals surface area contributed by atoms with E-state index >= 15 is 0 Å². The fraction of sp³-hybridized carbons (Fsp3) is 0.526. The number of rotatable bonds is 3. The number of imide groups is 1. The minimum Gasteiger partial charge on any atom is -0.340 e. The normalized spacial score (nSPS) is 25.3. The number of hydrogen-bond donors (Lipinski definition) is 0. The summed E-state index contributed by atoms with van der Waals surface area (Å²) in [5, 5.41) is 0.488. The Kier molecular flexibility index (Phi) is 4.73. The van der Waals surface area contributed by atoms with Gasteiger partial charge < -0.3 is 4.90 Å². The van der Waals surface area contributed by atoms with Crippen LogP contribution in [0.1, 0.15) is 37.7 Å². The van der Waals surface area contributed by atoms with Crippen molar-refractivity contribution in [2.75, 3.05) is 18.8 Å². The summed E-state index contributed by atoms with van der Waals surface area (Å²) in [5.74, 6) is 0.219. The maximum atomic E-state index is 13.5. The molecule has 0 N–H and O–H groups in total. The van der Waals surface area contributed by atoms with Gasteiger partial charge >= 0.3 is 0 Å². The highest BCUT2D eigenvalue weighted by molar-refractivity contribution is 8.14. The third-order valence-electron chi connectivity index (χ3n) is 5.86. The predicted octanol–water partition coefficient (Wildman–Crippen LogP) is 3.45. The minimum atomic E-state index is -0.493. The van der Waals surface area contributed by atoms with Crippen LogP contribution in [0.2, 0.25) is 5.02 Å². The molecule has 0 aromatic heterocycles.